The summed E-state index contributed by atoms with van der Waals surface area (Å²) in [6.45, 7) is -0.663. The zero-order valence-corrected chi connectivity index (χ0v) is 20.3. The molecule has 0 aromatic heterocycles. The zero-order chi connectivity index (χ0) is 26.2. The van der Waals surface area contributed by atoms with Gasteiger partial charge in [-0.15, -0.1) is 0 Å². The molecular formula is C24H27N3O9. The highest BCUT2D eigenvalue weighted by atomic mass is 16.5. The molecule has 192 valence electrons. The first kappa shape index (κ1) is 26.1. The van der Waals surface area contributed by atoms with Crippen molar-refractivity contribution in [1.82, 2.24) is 10.4 Å². The number of nitrogens with one attached hydrogen (secondary N) is 2. The number of hydrazine groups is 1. The van der Waals surface area contributed by atoms with Crippen LogP contribution in [-0.4, -0.2) is 70.3 Å². The molecule has 0 radical (unpaired) electrons. The number of carbonyl (C=O) groups excluding carboxylic acids is 4. The summed E-state index contributed by atoms with van der Waals surface area (Å²) in [6, 6.07) is 9.39. The van der Waals surface area contributed by atoms with Gasteiger partial charge in [0.25, 0.3) is 11.8 Å². The number of carbonyl (C=O) groups is 4. The van der Waals surface area contributed by atoms with E-state index in [1.54, 1.807) is 24.3 Å². The van der Waals surface area contributed by atoms with Crippen LogP contribution in [0.15, 0.2) is 36.4 Å². The number of benzene rings is 2. The molecule has 1 aliphatic rings. The number of ether oxygens (including phenoxy) is 5. The molecule has 1 atom stereocenters. The van der Waals surface area contributed by atoms with E-state index < -0.39 is 36.2 Å². The van der Waals surface area contributed by atoms with Gasteiger partial charge in [-0.1, -0.05) is 0 Å². The fraction of sp³-hybridized carbons (Fsp3) is 0.333. The van der Waals surface area contributed by atoms with E-state index in [-0.39, 0.29) is 18.5 Å². The summed E-state index contributed by atoms with van der Waals surface area (Å²) in [6.07, 6.45) is -0.170. The summed E-state index contributed by atoms with van der Waals surface area (Å²) in [7, 11) is 5.84. The minimum Gasteiger partial charge on any atom is -0.497 e. The fourth-order valence-electron chi connectivity index (χ4n) is 3.49. The number of methoxy groups -OCH3 is 4. The molecule has 0 aliphatic carbocycles. The summed E-state index contributed by atoms with van der Waals surface area (Å²) in [5.41, 5.74) is 3.05. The second-order valence-electron chi connectivity index (χ2n) is 7.64. The smallest absolute Gasteiger partial charge is 0.311 e. The van der Waals surface area contributed by atoms with E-state index in [1.807, 2.05) is 0 Å². The lowest BCUT2D eigenvalue weighted by atomic mass is 10.1. The van der Waals surface area contributed by atoms with Crippen molar-refractivity contribution in [3.05, 3.63) is 42.0 Å². The normalized spacial score (nSPS) is 14.6. The first-order valence-corrected chi connectivity index (χ1v) is 10.8. The quantitative estimate of drug-likeness (QED) is 0.462. The standard InChI is InChI=1S/C24H27N3O9/c1-32-16-6-8-18(33-2)17(11-16)25-21(28)13-36-24(31)15-10-22(29)27(12-15)26-23(30)14-5-7-19(34-3)20(9-14)35-4/h5-9,11,15H,10,12-13H2,1-4H3,(H,25,28)(H,26,30)/t15-/m1/s1. The molecule has 2 N–H and O–H groups in total. The van der Waals surface area contributed by atoms with Gasteiger partial charge in [0, 0.05) is 18.1 Å². The Morgan fingerprint density at radius 1 is 0.917 bits per heavy atom. The van der Waals surface area contributed by atoms with Crippen molar-refractivity contribution in [3.63, 3.8) is 0 Å². The zero-order valence-electron chi connectivity index (χ0n) is 20.3. The number of rotatable bonds is 10. The molecule has 3 rings (SSSR count). The van der Waals surface area contributed by atoms with Crippen molar-refractivity contribution >= 4 is 29.4 Å². The maximum atomic E-state index is 12.6. The van der Waals surface area contributed by atoms with E-state index in [0.717, 1.165) is 5.01 Å². The van der Waals surface area contributed by atoms with Gasteiger partial charge in [-0.25, -0.2) is 0 Å². The van der Waals surface area contributed by atoms with E-state index in [0.29, 0.717) is 28.7 Å². The summed E-state index contributed by atoms with van der Waals surface area (Å²) in [5.74, 6) is -1.51. The maximum absolute atomic E-state index is 12.6. The largest absolute Gasteiger partial charge is 0.497 e. The number of hydrogen-bond donors (Lipinski definition) is 2. The number of hydrogen-bond acceptors (Lipinski definition) is 9. The maximum Gasteiger partial charge on any atom is 0.311 e. The summed E-state index contributed by atoms with van der Waals surface area (Å²) >= 11 is 0. The van der Waals surface area contributed by atoms with E-state index in [1.165, 1.54) is 40.6 Å². The molecule has 1 saturated heterocycles. The first-order valence-electron chi connectivity index (χ1n) is 10.8. The van der Waals surface area contributed by atoms with E-state index in [9.17, 15) is 19.2 Å². The Morgan fingerprint density at radius 3 is 2.28 bits per heavy atom. The molecule has 0 bridgehead atoms. The number of esters is 1. The Kier molecular flexibility index (Phi) is 8.55. The van der Waals surface area contributed by atoms with E-state index in [2.05, 4.69) is 10.7 Å². The SMILES string of the molecule is COc1ccc(OC)c(NC(=O)COC(=O)[C@@H]2CC(=O)N(NC(=O)c3ccc(OC)c(OC)c3)C2)c1. The third kappa shape index (κ3) is 6.14. The average molecular weight is 501 g/mol. The van der Waals surface area contributed by atoms with Crippen molar-refractivity contribution in [2.45, 2.75) is 6.42 Å². The van der Waals surface area contributed by atoms with Gasteiger partial charge in [0.1, 0.15) is 11.5 Å². The van der Waals surface area contributed by atoms with Crippen LogP contribution in [0.2, 0.25) is 0 Å². The van der Waals surface area contributed by atoms with Gasteiger partial charge in [0.15, 0.2) is 18.1 Å². The molecule has 2 aromatic rings. The lowest BCUT2D eigenvalue weighted by Crippen LogP contribution is -2.43. The van der Waals surface area contributed by atoms with Crippen LogP contribution in [0.1, 0.15) is 16.8 Å². The van der Waals surface area contributed by atoms with Crippen molar-refractivity contribution in [2.75, 3.05) is 46.9 Å². The van der Waals surface area contributed by atoms with Crippen molar-refractivity contribution in [1.29, 1.82) is 0 Å². The Hall–Kier alpha value is -4.48. The van der Waals surface area contributed by atoms with Gasteiger partial charge >= 0.3 is 5.97 Å². The lowest BCUT2D eigenvalue weighted by molar-refractivity contribution is -0.151. The third-order valence-corrected chi connectivity index (χ3v) is 5.37. The number of amides is 3. The van der Waals surface area contributed by atoms with Crippen LogP contribution < -0.4 is 29.7 Å². The summed E-state index contributed by atoms with van der Waals surface area (Å²) in [4.78, 5) is 49.7. The first-order chi connectivity index (χ1) is 17.3. The predicted molar refractivity (Wildman–Crippen MR) is 126 cm³/mol. The molecule has 0 spiro atoms. The average Bonchev–Trinajstić information content (AvgIpc) is 3.26. The van der Waals surface area contributed by atoms with Crippen LogP contribution in [0.5, 0.6) is 23.0 Å². The van der Waals surface area contributed by atoms with Gasteiger partial charge in [0.05, 0.1) is 46.6 Å². The van der Waals surface area contributed by atoms with Crippen molar-refractivity contribution in [2.24, 2.45) is 5.92 Å². The van der Waals surface area contributed by atoms with Gasteiger partial charge in [0.2, 0.25) is 5.91 Å². The molecule has 12 nitrogen and oxygen atoms in total. The molecule has 1 fully saturated rings. The van der Waals surface area contributed by atoms with Gasteiger partial charge in [-0.3, -0.25) is 29.6 Å². The van der Waals surface area contributed by atoms with E-state index >= 15 is 0 Å². The fourth-order valence-corrected chi connectivity index (χ4v) is 3.49. The van der Waals surface area contributed by atoms with Crippen molar-refractivity contribution in [3.8, 4) is 23.0 Å². The van der Waals surface area contributed by atoms with Crippen LogP contribution in [-0.2, 0) is 19.1 Å². The minimum absolute atomic E-state index is 0.0952. The highest BCUT2D eigenvalue weighted by Crippen LogP contribution is 2.29. The topological polar surface area (TPSA) is 142 Å². The molecular weight excluding hydrogens is 474 g/mol. The molecule has 36 heavy (non-hydrogen) atoms. The highest BCUT2D eigenvalue weighted by molar-refractivity contribution is 5.97. The predicted octanol–water partition coefficient (Wildman–Crippen LogP) is 1.40. The molecule has 1 aliphatic heterocycles. The van der Waals surface area contributed by atoms with Crippen LogP contribution in [0.25, 0.3) is 0 Å². The van der Waals surface area contributed by atoms with Gasteiger partial charge in [-0.05, 0) is 30.3 Å². The molecule has 2 aromatic carbocycles. The van der Waals surface area contributed by atoms with Gasteiger partial charge in [-0.2, -0.15) is 0 Å². The van der Waals surface area contributed by atoms with Crippen LogP contribution in [0.3, 0.4) is 0 Å². The van der Waals surface area contributed by atoms with Gasteiger partial charge < -0.3 is 29.0 Å². The second-order valence-corrected chi connectivity index (χ2v) is 7.64. The number of anilines is 1. The number of nitrogens with zero attached hydrogens (tertiary/aromatic N) is 1. The molecule has 12 heteroatoms. The molecule has 0 unspecified atom stereocenters. The summed E-state index contributed by atoms with van der Waals surface area (Å²) in [5, 5.41) is 3.63. The van der Waals surface area contributed by atoms with Crippen LogP contribution >= 0.6 is 0 Å². The highest BCUT2D eigenvalue weighted by Gasteiger charge is 2.37. The second kappa shape index (κ2) is 11.8. The third-order valence-electron chi connectivity index (χ3n) is 5.37. The lowest BCUT2D eigenvalue weighted by Gasteiger charge is -2.18. The minimum atomic E-state index is -0.845. The van der Waals surface area contributed by atoms with Crippen LogP contribution in [0, 0.1) is 5.92 Å². The Bertz CT molecular complexity index is 1150. The summed E-state index contributed by atoms with van der Waals surface area (Å²) < 4.78 is 25.7. The molecule has 3 amide bonds. The van der Waals surface area contributed by atoms with Crippen LogP contribution in [0.4, 0.5) is 5.69 Å². The molecule has 1 heterocycles. The Morgan fingerprint density at radius 2 is 1.61 bits per heavy atom. The Labute approximate surface area is 207 Å². The molecule has 0 saturated carbocycles. The van der Waals surface area contributed by atoms with E-state index in [4.69, 9.17) is 23.7 Å². The monoisotopic (exact) mass is 501 g/mol. The van der Waals surface area contributed by atoms with Crippen molar-refractivity contribution < 1.29 is 42.9 Å². The Balaban J connectivity index is 1.53.